The molecule has 9 aromatic carbocycles. The molecule has 0 saturated carbocycles. The number of fused-ring (bicyclic) bond motifs is 6. The molecule has 0 unspecified atom stereocenters. The van der Waals surface area contributed by atoms with Crippen molar-refractivity contribution < 1.29 is 6.85 Å². The number of hydrogen-bond donors (Lipinski definition) is 0. The highest BCUT2D eigenvalue weighted by molar-refractivity contribution is 7.26. The van der Waals surface area contributed by atoms with Crippen LogP contribution in [0.2, 0.25) is 0 Å². The largest absolute Gasteiger partial charge is 0.309 e. The normalized spacial score (nSPS) is 12.7. The van der Waals surface area contributed by atoms with Crippen LogP contribution in [0.4, 0.5) is 0 Å². The van der Waals surface area contributed by atoms with Crippen LogP contribution in [-0.2, 0) is 0 Å². The minimum absolute atomic E-state index is 0.0140. The van der Waals surface area contributed by atoms with Crippen LogP contribution in [-0.4, -0.2) is 19.5 Å². The number of benzene rings is 9. The lowest BCUT2D eigenvalue weighted by atomic mass is 9.99. The minimum Gasteiger partial charge on any atom is -0.309 e. The molecule has 5 heteroatoms. The molecule has 0 spiro atoms. The van der Waals surface area contributed by atoms with Crippen LogP contribution in [0.5, 0.6) is 0 Å². The van der Waals surface area contributed by atoms with E-state index >= 15 is 0 Å². The van der Waals surface area contributed by atoms with Gasteiger partial charge in [0.2, 0.25) is 0 Å². The summed E-state index contributed by atoms with van der Waals surface area (Å²) in [6.45, 7) is 0. The molecule has 3 aromatic heterocycles. The Morgan fingerprint density at radius 3 is 1.58 bits per heavy atom. The first-order valence-corrected chi connectivity index (χ1v) is 21.2. The topological polar surface area (TPSA) is 43.6 Å². The van der Waals surface area contributed by atoms with E-state index in [-0.39, 0.29) is 23.5 Å². The van der Waals surface area contributed by atoms with Crippen molar-refractivity contribution in [2.24, 2.45) is 0 Å². The maximum absolute atomic E-state index is 9.03. The van der Waals surface area contributed by atoms with Crippen molar-refractivity contribution in [1.29, 1.82) is 0 Å². The molecule has 0 atom stereocenters. The third-order valence-electron chi connectivity index (χ3n) is 11.5. The van der Waals surface area contributed by atoms with Gasteiger partial charge in [0.1, 0.15) is 0 Å². The molecule has 12 aromatic rings. The van der Waals surface area contributed by atoms with E-state index in [1.54, 1.807) is 11.3 Å². The highest BCUT2D eigenvalue weighted by atomic mass is 32.1. The summed E-state index contributed by atoms with van der Waals surface area (Å²) in [7, 11) is 0. The lowest BCUT2D eigenvalue weighted by Crippen LogP contribution is -2.01. The van der Waals surface area contributed by atoms with E-state index < -0.39 is 18.1 Å². The van der Waals surface area contributed by atoms with E-state index in [9.17, 15) is 0 Å². The van der Waals surface area contributed by atoms with Gasteiger partial charge in [0.25, 0.3) is 0 Å². The summed E-state index contributed by atoms with van der Waals surface area (Å²) >= 11 is 1.65. The fourth-order valence-corrected chi connectivity index (χ4v) is 9.82. The van der Waals surface area contributed by atoms with Gasteiger partial charge < -0.3 is 4.57 Å². The zero-order valence-electron chi connectivity index (χ0n) is 38.1. The fraction of sp³-hybridized carbons (Fsp3) is 0. The van der Waals surface area contributed by atoms with Crippen LogP contribution in [0.15, 0.2) is 218 Å². The number of rotatable bonds is 7. The van der Waals surface area contributed by atoms with Crippen LogP contribution in [0.1, 0.15) is 6.85 Å². The molecule has 4 nitrogen and oxygen atoms in total. The molecule has 3 heterocycles. The molecule has 0 saturated heterocycles. The Morgan fingerprint density at radius 2 is 0.887 bits per heavy atom. The van der Waals surface area contributed by atoms with E-state index in [0.717, 1.165) is 81.0 Å². The Labute approximate surface area is 369 Å². The van der Waals surface area contributed by atoms with E-state index in [1.165, 1.54) is 5.56 Å². The third kappa shape index (κ3) is 6.26. The standard InChI is InChI=1S/C57H36N4S/c1-4-15-37(16-5-1)39-27-29-40(30-28-39)43-31-32-48-49-35-45(61-51-25-12-10-23-46(51)47-24-11-13-26-52(47)61)36-50(54(49)62-53(48)34-43)57-59-55(41-19-8-3-9-20-41)58-56(60-57)44-22-14-21-42(33-44)38-17-6-2-7-18-38/h1-36H/i3D,8D,9D,19D,20D. The fourth-order valence-electron chi connectivity index (χ4n) is 8.59. The molecule has 0 N–H and O–H groups in total. The molecular weight excluding hydrogens is 773 g/mol. The predicted octanol–water partition coefficient (Wildman–Crippen LogP) is 15.3. The van der Waals surface area contributed by atoms with E-state index in [0.29, 0.717) is 17.2 Å². The second kappa shape index (κ2) is 14.9. The highest BCUT2D eigenvalue weighted by Crippen LogP contribution is 2.44. The van der Waals surface area contributed by atoms with Gasteiger partial charge in [-0.15, -0.1) is 11.3 Å². The second-order valence-corrected chi connectivity index (χ2v) is 16.3. The second-order valence-electron chi connectivity index (χ2n) is 15.2. The highest BCUT2D eigenvalue weighted by Gasteiger charge is 2.21. The van der Waals surface area contributed by atoms with Gasteiger partial charge in [-0.2, -0.15) is 0 Å². The molecule has 0 fully saturated rings. The Morgan fingerprint density at radius 1 is 0.371 bits per heavy atom. The Kier molecular flexibility index (Phi) is 7.46. The molecule has 62 heavy (non-hydrogen) atoms. The Bertz CT molecular complexity index is 3840. The van der Waals surface area contributed by atoms with E-state index in [2.05, 4.69) is 132 Å². The molecule has 0 aliphatic carbocycles. The summed E-state index contributed by atoms with van der Waals surface area (Å²) < 4.78 is 47.9. The van der Waals surface area contributed by atoms with Gasteiger partial charge in [0.15, 0.2) is 17.5 Å². The summed E-state index contributed by atoms with van der Waals surface area (Å²) in [4.78, 5) is 15.3. The lowest BCUT2D eigenvalue weighted by molar-refractivity contribution is 1.07. The van der Waals surface area contributed by atoms with Gasteiger partial charge in [0, 0.05) is 53.3 Å². The zero-order chi connectivity index (χ0) is 45.3. The number of hydrogen-bond acceptors (Lipinski definition) is 4. The zero-order valence-corrected chi connectivity index (χ0v) is 33.9. The van der Waals surface area contributed by atoms with Crippen LogP contribution in [0.25, 0.3) is 115 Å². The number of nitrogens with zero attached hydrogens (tertiary/aromatic N) is 4. The minimum atomic E-state index is -0.485. The first-order chi connectivity index (χ1) is 32.8. The first-order valence-electron chi connectivity index (χ1n) is 22.9. The molecule has 290 valence electrons. The quantitative estimate of drug-likeness (QED) is 0.161. The molecule has 12 rings (SSSR count). The van der Waals surface area contributed by atoms with Crippen molar-refractivity contribution in [1.82, 2.24) is 19.5 Å². The number of para-hydroxylation sites is 2. The van der Waals surface area contributed by atoms with Gasteiger partial charge in [0.05, 0.1) is 17.9 Å². The van der Waals surface area contributed by atoms with Crippen LogP contribution >= 0.6 is 11.3 Å². The van der Waals surface area contributed by atoms with Crippen LogP contribution in [0, 0.1) is 0 Å². The molecule has 0 radical (unpaired) electrons. The maximum Gasteiger partial charge on any atom is 0.165 e. The van der Waals surface area contributed by atoms with Crippen LogP contribution in [0.3, 0.4) is 0 Å². The van der Waals surface area contributed by atoms with Crippen molar-refractivity contribution in [2.45, 2.75) is 0 Å². The average molecular weight is 814 g/mol. The molecule has 0 amide bonds. The van der Waals surface area contributed by atoms with E-state index in [4.69, 9.17) is 21.8 Å². The summed E-state index contributed by atoms with van der Waals surface area (Å²) in [5.41, 5.74) is 10.8. The molecule has 0 bridgehead atoms. The molecular formula is C57H36N4S. The summed E-state index contributed by atoms with van der Waals surface area (Å²) in [6, 6.07) is 62.6. The monoisotopic (exact) mass is 813 g/mol. The molecule has 0 aliphatic rings. The van der Waals surface area contributed by atoms with Crippen molar-refractivity contribution in [3.05, 3.63) is 218 Å². The van der Waals surface area contributed by atoms with Crippen LogP contribution < -0.4 is 0 Å². The van der Waals surface area contributed by atoms with E-state index in [1.807, 2.05) is 60.7 Å². The Balaban J connectivity index is 1.13. The smallest absolute Gasteiger partial charge is 0.165 e. The maximum atomic E-state index is 9.03. The average Bonchev–Trinajstić information content (AvgIpc) is 3.93. The van der Waals surface area contributed by atoms with Crippen molar-refractivity contribution in [3.63, 3.8) is 0 Å². The lowest BCUT2D eigenvalue weighted by Gasteiger charge is -2.13. The first kappa shape index (κ1) is 31.0. The van der Waals surface area contributed by atoms with Crippen molar-refractivity contribution in [2.75, 3.05) is 0 Å². The molecule has 0 aliphatic heterocycles. The van der Waals surface area contributed by atoms with Crippen molar-refractivity contribution in [3.8, 4) is 73.2 Å². The summed E-state index contributed by atoms with van der Waals surface area (Å²) in [5.74, 6) is 0.607. The third-order valence-corrected chi connectivity index (χ3v) is 12.8. The van der Waals surface area contributed by atoms with Crippen molar-refractivity contribution >= 4 is 53.3 Å². The van der Waals surface area contributed by atoms with Gasteiger partial charge >= 0.3 is 0 Å². The predicted molar refractivity (Wildman–Crippen MR) is 260 cm³/mol. The number of aromatic nitrogens is 4. The number of thiophene rings is 1. The SMILES string of the molecule is [2H]c1c([2H])c([2H])c(-c2nc(-c3cccc(-c4ccccc4)c3)nc(-c3cc(-n4c5ccccc5c5ccccc54)cc4c3sc3cc(-c5ccc(-c6ccccc6)cc5)ccc34)n2)c([2H])c1[2H]. The summed E-state index contributed by atoms with van der Waals surface area (Å²) in [5, 5.41) is 4.34. The van der Waals surface area contributed by atoms with Gasteiger partial charge in [-0.05, 0) is 69.8 Å². The summed E-state index contributed by atoms with van der Waals surface area (Å²) in [6.07, 6.45) is 0. The van der Waals surface area contributed by atoms with Gasteiger partial charge in [-0.1, -0.05) is 182 Å². The van der Waals surface area contributed by atoms with Gasteiger partial charge in [-0.25, -0.2) is 15.0 Å². The Hall–Kier alpha value is -7.99. The van der Waals surface area contributed by atoms with Gasteiger partial charge in [-0.3, -0.25) is 0 Å².